The van der Waals surface area contributed by atoms with Gasteiger partial charge in [-0.25, -0.2) is 0 Å². The zero-order chi connectivity index (χ0) is 23.8. The average molecular weight is 729 g/mol. The van der Waals surface area contributed by atoms with Crippen molar-refractivity contribution in [2.75, 3.05) is 6.61 Å². The van der Waals surface area contributed by atoms with Gasteiger partial charge in [0.25, 0.3) is 0 Å². The van der Waals surface area contributed by atoms with Crippen molar-refractivity contribution in [3.8, 4) is 23.0 Å². The first-order valence-electron chi connectivity index (χ1n) is 7.71. The molecule has 0 spiro atoms. The van der Waals surface area contributed by atoms with Crippen LogP contribution in [-0.2, 0) is 22.3 Å². The third-order valence-electron chi connectivity index (χ3n) is 2.62. The molecule has 0 saturated carbocycles. The molecule has 4 rings (SSSR count). The van der Waals surface area contributed by atoms with Gasteiger partial charge in [0.05, 0.1) is 0 Å². The first-order chi connectivity index (χ1) is 14.6. The number of ether oxygens (including phenoxy) is 4. The molecule has 0 atom stereocenters. The van der Waals surface area contributed by atoms with Crippen molar-refractivity contribution < 1.29 is 58.8 Å². The van der Waals surface area contributed by atoms with E-state index in [1.807, 2.05) is 24.6 Å². The summed E-state index contributed by atoms with van der Waals surface area (Å²) in [5.74, 6) is 3.36. The summed E-state index contributed by atoms with van der Waals surface area (Å²) >= 11 is 0.594. The third kappa shape index (κ3) is 18.8. The van der Waals surface area contributed by atoms with E-state index in [0.717, 1.165) is 23.0 Å². The molecule has 16 heteroatoms. The molecule has 4 heterocycles. The predicted molar refractivity (Wildman–Crippen MR) is 133 cm³/mol. The summed E-state index contributed by atoms with van der Waals surface area (Å²) < 4.78 is 20.7. The molecule has 0 amide bonds. The molecule has 2 aliphatic heterocycles. The van der Waals surface area contributed by atoms with Crippen LogP contribution in [0.5, 0.6) is 23.0 Å². The van der Waals surface area contributed by atoms with Gasteiger partial charge in [0.2, 0.25) is 0 Å². The van der Waals surface area contributed by atoms with E-state index in [1.165, 1.54) is 22.3 Å². The summed E-state index contributed by atoms with van der Waals surface area (Å²) in [6, 6.07) is 0. The van der Waals surface area contributed by atoms with Crippen molar-refractivity contribution >= 4 is 83.3 Å². The van der Waals surface area contributed by atoms with E-state index >= 15 is 0 Å². The van der Waals surface area contributed by atoms with E-state index in [0.29, 0.717) is 0 Å². The fourth-order valence-electron chi connectivity index (χ4n) is 1.75. The Hall–Kier alpha value is 0.979. The second-order valence-electron chi connectivity index (χ2n) is 4.61. The number of thiophene rings is 2. The quantitative estimate of drug-likeness (QED) is 0.260. The number of hydrogen-bond acceptors (Lipinski definition) is 7. The van der Waals surface area contributed by atoms with Crippen LogP contribution in [0.15, 0.2) is 35.8 Å². The van der Waals surface area contributed by atoms with Crippen LogP contribution >= 0.6 is 83.3 Å². The Morgan fingerprint density at radius 1 is 0.758 bits per heavy atom. The van der Waals surface area contributed by atoms with E-state index in [2.05, 4.69) is 0 Å². The Bertz CT molecular complexity index is 742. The summed E-state index contributed by atoms with van der Waals surface area (Å²) in [6.07, 6.45) is 6.16. The number of aryl methyl sites for hydroxylation is 2. The molecule has 2 aromatic rings. The first kappa shape index (κ1) is 38.5. The maximum atomic E-state index is 7.57. The van der Waals surface area contributed by atoms with Gasteiger partial charge in [0, 0.05) is 34.5 Å². The number of aliphatic hydroxyl groups excluding tert-OH is 1. The van der Waals surface area contributed by atoms with Crippen molar-refractivity contribution in [3.63, 3.8) is 0 Å². The van der Waals surface area contributed by atoms with E-state index in [1.54, 1.807) is 42.1 Å². The van der Waals surface area contributed by atoms with E-state index in [-0.39, 0.29) is 26.4 Å². The van der Waals surface area contributed by atoms with E-state index < -0.39 is 22.3 Å². The van der Waals surface area contributed by atoms with Gasteiger partial charge in [-0.2, -0.15) is 0 Å². The molecule has 196 valence electrons. The zero-order valence-corrected chi connectivity index (χ0v) is 26.6. The molecule has 33 heavy (non-hydrogen) atoms. The number of halogens is 7. The summed E-state index contributed by atoms with van der Waals surface area (Å²) in [5, 5.41) is 11.4. The van der Waals surface area contributed by atoms with E-state index in [9.17, 15) is 0 Å². The Labute approximate surface area is 243 Å². The van der Waals surface area contributed by atoms with Crippen molar-refractivity contribution in [3.05, 3.63) is 53.0 Å². The molecule has 0 aromatic carbocycles. The van der Waals surface area contributed by atoms with Gasteiger partial charge in [-0.1, -0.05) is 0 Å². The topological polar surface area (TPSA) is 57.2 Å². The van der Waals surface area contributed by atoms with Gasteiger partial charge >= 0.3 is 82.9 Å². The minimum absolute atomic E-state index is 0. The maximum absolute atomic E-state index is 7.57. The second kappa shape index (κ2) is 23.4. The van der Waals surface area contributed by atoms with Crippen LogP contribution in [0.1, 0.15) is 16.7 Å². The Kier molecular flexibility index (Phi) is 27.3. The fraction of sp³-hybridized carbons (Fsp3) is 0.235. The van der Waals surface area contributed by atoms with Gasteiger partial charge in [-0.3, -0.25) is 0 Å². The second-order valence-corrected chi connectivity index (χ2v) is 17.7. The molecule has 5 nitrogen and oxygen atoms in total. The summed E-state index contributed by atoms with van der Waals surface area (Å²) in [6.45, 7) is 5.98. The van der Waals surface area contributed by atoms with Crippen LogP contribution in [0.25, 0.3) is 0 Å². The molecule has 0 fully saturated rings. The van der Waals surface area contributed by atoms with Gasteiger partial charge in [-0.05, 0) is 20.8 Å². The molecule has 2 aliphatic rings. The number of fused-ring (bicyclic) bond motifs is 2. The number of aliphatic hydroxyl groups is 1. The van der Waals surface area contributed by atoms with Crippen molar-refractivity contribution in [2.45, 2.75) is 20.8 Å². The summed E-state index contributed by atoms with van der Waals surface area (Å²) in [5.41, 5.74) is 0. The molecule has 1 N–H and O–H groups in total. The molecule has 0 bridgehead atoms. The molecular weight excluding hydrogens is 708 g/mol. The zero-order valence-electron chi connectivity index (χ0n) is 17.4. The predicted octanol–water partition coefficient (Wildman–Crippen LogP) is 6.18. The molecule has 0 saturated heterocycles. The SMILES string of the molecule is C1=COc2cscc2O1.CCO.Cc1sc(C)c2c1OC=CO2.[CH3+].[Cl-].[Cl][Fe]([Cl])[Cl].[Cl][Fe]([Cl])[Cl]. The van der Waals surface area contributed by atoms with Gasteiger partial charge in [0.15, 0.2) is 23.0 Å². The average Bonchev–Trinajstić information content (AvgIpc) is 3.27. The van der Waals surface area contributed by atoms with Crippen LogP contribution in [0.2, 0.25) is 0 Å². The van der Waals surface area contributed by atoms with Crippen molar-refractivity contribution in [2.24, 2.45) is 0 Å². The Balaban J connectivity index is -0.000000371. The van der Waals surface area contributed by atoms with E-state index in [4.69, 9.17) is 84.6 Å². The molecule has 0 aliphatic carbocycles. The van der Waals surface area contributed by atoms with Crippen LogP contribution < -0.4 is 31.4 Å². The van der Waals surface area contributed by atoms with Crippen molar-refractivity contribution in [1.29, 1.82) is 0 Å². The monoisotopic (exact) mass is 726 g/mol. The van der Waals surface area contributed by atoms with Gasteiger partial charge < -0.3 is 36.5 Å². The summed E-state index contributed by atoms with van der Waals surface area (Å²) in [7, 11) is 29.3. The Morgan fingerprint density at radius 2 is 1.03 bits per heavy atom. The van der Waals surface area contributed by atoms with Crippen LogP contribution in [0.4, 0.5) is 0 Å². The fourth-order valence-corrected chi connectivity index (χ4v) is 3.34. The minimum atomic E-state index is -1.33. The number of hydrogen-bond donors (Lipinski definition) is 1. The van der Waals surface area contributed by atoms with Gasteiger partial charge in [0.1, 0.15) is 25.0 Å². The molecular formula is C17H21Cl7Fe2O5S2. The number of rotatable bonds is 0. The Morgan fingerprint density at radius 3 is 1.33 bits per heavy atom. The molecule has 0 radical (unpaired) electrons. The van der Waals surface area contributed by atoms with Crippen LogP contribution in [-0.4, -0.2) is 11.7 Å². The molecule has 2 aromatic heterocycles. The third-order valence-corrected chi connectivity index (χ3v) is 4.30. The van der Waals surface area contributed by atoms with Gasteiger partial charge in [-0.15, -0.1) is 22.7 Å². The first-order valence-corrected chi connectivity index (χ1v) is 18.6. The van der Waals surface area contributed by atoms with Crippen molar-refractivity contribution in [1.82, 2.24) is 0 Å². The normalized spacial score (nSPS) is 11.6. The van der Waals surface area contributed by atoms with Crippen LogP contribution in [0.3, 0.4) is 0 Å². The standard InChI is InChI=1S/C8H8O2S.C6H4O2S.C2H6O.CH3.7ClH.2Fe/c1-5-7-8(6(2)11-5)10-4-3-9-7;1-2-8-6-4-9-3-5(6)7-1;1-2-3;;;;;;;;;;/h3-4H,1-2H3;1-4H;3H,2H2,1H3;1H3;7*1H;;/q;;;+1;;;;;;;;2*+3/p-7. The molecule has 0 unspecified atom stereocenters. The summed E-state index contributed by atoms with van der Waals surface area (Å²) in [4.78, 5) is 2.34. The van der Waals surface area contributed by atoms with Crippen LogP contribution in [0, 0.1) is 21.3 Å².